The number of benzene rings is 2. The number of hydrogen-bond acceptors (Lipinski definition) is 3. The van der Waals surface area contributed by atoms with Crippen LogP contribution in [0.4, 0.5) is 0 Å². The molecule has 3 rings (SSSR count). The highest BCUT2D eigenvalue weighted by Gasteiger charge is 2.20. The Bertz CT molecular complexity index is 750. The number of nitrogens with one attached hydrogen (secondary N) is 1. The summed E-state index contributed by atoms with van der Waals surface area (Å²) in [6.07, 6.45) is 5.41. The number of para-hydroxylation sites is 1. The zero-order valence-electron chi connectivity index (χ0n) is 15.9. The summed E-state index contributed by atoms with van der Waals surface area (Å²) in [6.45, 7) is 5.57. The lowest BCUT2D eigenvalue weighted by atomic mass is 10.0. The van der Waals surface area contributed by atoms with Crippen molar-refractivity contribution < 1.29 is 9.53 Å². The summed E-state index contributed by atoms with van der Waals surface area (Å²) in [7, 11) is 0. The minimum absolute atomic E-state index is 0.0391. The van der Waals surface area contributed by atoms with Crippen molar-refractivity contribution in [2.45, 2.75) is 32.4 Å². The highest BCUT2D eigenvalue weighted by Crippen LogP contribution is 2.19. The molecule has 0 aliphatic carbocycles. The standard InChI is InChI=1S/C23H28N2O2/c1-2-27-22-11-7-6-10-20(22)12-13-23(26)24-21-14-16-25(17-15-21)18-19-8-4-3-5-9-19/h3-13,21H,2,14-18H2,1H3,(H,24,26)/b13-12+. The van der Waals surface area contributed by atoms with Crippen molar-refractivity contribution in [1.82, 2.24) is 10.2 Å². The van der Waals surface area contributed by atoms with Gasteiger partial charge in [-0.1, -0.05) is 48.5 Å². The van der Waals surface area contributed by atoms with Crippen LogP contribution in [0, 0.1) is 0 Å². The Hall–Kier alpha value is -2.59. The summed E-state index contributed by atoms with van der Waals surface area (Å²) in [5.74, 6) is 0.765. The number of piperidine rings is 1. The molecule has 0 atom stereocenters. The van der Waals surface area contributed by atoms with E-state index in [2.05, 4.69) is 34.5 Å². The van der Waals surface area contributed by atoms with Crippen LogP contribution in [0.3, 0.4) is 0 Å². The maximum Gasteiger partial charge on any atom is 0.244 e. The molecule has 0 spiro atoms. The molecule has 0 bridgehead atoms. The molecule has 4 nitrogen and oxygen atoms in total. The number of carbonyl (C=O) groups is 1. The van der Waals surface area contributed by atoms with Crippen molar-refractivity contribution in [3.05, 3.63) is 71.8 Å². The maximum atomic E-state index is 12.3. The van der Waals surface area contributed by atoms with E-state index in [-0.39, 0.29) is 11.9 Å². The van der Waals surface area contributed by atoms with Gasteiger partial charge in [-0.05, 0) is 37.5 Å². The van der Waals surface area contributed by atoms with Crippen molar-refractivity contribution in [3.8, 4) is 5.75 Å². The van der Waals surface area contributed by atoms with Gasteiger partial charge in [-0.15, -0.1) is 0 Å². The molecule has 1 aliphatic heterocycles. The van der Waals surface area contributed by atoms with E-state index in [1.54, 1.807) is 6.08 Å². The first kappa shape index (κ1) is 19.2. The van der Waals surface area contributed by atoms with Gasteiger partial charge in [-0.3, -0.25) is 9.69 Å². The van der Waals surface area contributed by atoms with E-state index in [0.717, 1.165) is 43.8 Å². The fraction of sp³-hybridized carbons (Fsp3) is 0.348. The fourth-order valence-electron chi connectivity index (χ4n) is 3.40. The second kappa shape index (κ2) is 9.93. The van der Waals surface area contributed by atoms with E-state index < -0.39 is 0 Å². The molecule has 2 aromatic carbocycles. The van der Waals surface area contributed by atoms with E-state index >= 15 is 0 Å². The minimum atomic E-state index is -0.0391. The second-order valence-corrected chi connectivity index (χ2v) is 6.85. The number of rotatable bonds is 7. The number of nitrogens with zero attached hydrogens (tertiary/aromatic N) is 1. The lowest BCUT2D eigenvalue weighted by molar-refractivity contribution is -0.117. The molecule has 0 aromatic heterocycles. The summed E-state index contributed by atoms with van der Waals surface area (Å²) < 4.78 is 5.59. The predicted octanol–water partition coefficient (Wildman–Crippen LogP) is 3.88. The molecule has 1 N–H and O–H groups in total. The fourth-order valence-corrected chi connectivity index (χ4v) is 3.40. The third-order valence-electron chi connectivity index (χ3n) is 4.82. The van der Waals surface area contributed by atoms with Gasteiger partial charge in [-0.25, -0.2) is 0 Å². The van der Waals surface area contributed by atoms with Gasteiger partial charge >= 0.3 is 0 Å². The summed E-state index contributed by atoms with van der Waals surface area (Å²) >= 11 is 0. The second-order valence-electron chi connectivity index (χ2n) is 6.85. The van der Waals surface area contributed by atoms with Crippen molar-refractivity contribution in [2.24, 2.45) is 0 Å². The van der Waals surface area contributed by atoms with Crippen molar-refractivity contribution in [1.29, 1.82) is 0 Å². The summed E-state index contributed by atoms with van der Waals surface area (Å²) in [6, 6.07) is 18.5. The molecule has 4 heteroatoms. The van der Waals surface area contributed by atoms with E-state index in [4.69, 9.17) is 4.74 Å². The van der Waals surface area contributed by atoms with Crippen LogP contribution in [0.2, 0.25) is 0 Å². The number of likely N-dealkylation sites (tertiary alicyclic amines) is 1. The van der Waals surface area contributed by atoms with Crippen LogP contribution in [-0.2, 0) is 11.3 Å². The van der Waals surface area contributed by atoms with Crippen LogP contribution in [0.1, 0.15) is 30.9 Å². The Balaban J connectivity index is 1.45. The van der Waals surface area contributed by atoms with Crippen LogP contribution in [-0.4, -0.2) is 36.5 Å². The van der Waals surface area contributed by atoms with E-state index in [9.17, 15) is 4.79 Å². The van der Waals surface area contributed by atoms with Gasteiger partial charge < -0.3 is 10.1 Å². The average molecular weight is 364 g/mol. The Morgan fingerprint density at radius 1 is 1.11 bits per heavy atom. The Labute approximate surface area is 161 Å². The molecule has 0 radical (unpaired) electrons. The van der Waals surface area contributed by atoms with Gasteiger partial charge in [0.2, 0.25) is 5.91 Å². The smallest absolute Gasteiger partial charge is 0.244 e. The van der Waals surface area contributed by atoms with Crippen LogP contribution < -0.4 is 10.1 Å². The molecule has 1 fully saturated rings. The molecular weight excluding hydrogens is 336 g/mol. The largest absolute Gasteiger partial charge is 0.493 e. The average Bonchev–Trinajstić information content (AvgIpc) is 2.70. The summed E-state index contributed by atoms with van der Waals surface area (Å²) in [5, 5.41) is 3.13. The van der Waals surface area contributed by atoms with E-state index in [1.165, 1.54) is 5.56 Å². The zero-order chi connectivity index (χ0) is 18.9. The molecular formula is C23H28N2O2. The highest BCUT2D eigenvalue weighted by atomic mass is 16.5. The van der Waals surface area contributed by atoms with Gasteiger partial charge in [0.05, 0.1) is 6.61 Å². The Morgan fingerprint density at radius 3 is 2.56 bits per heavy atom. The van der Waals surface area contributed by atoms with Crippen LogP contribution in [0.15, 0.2) is 60.7 Å². The molecule has 0 saturated carbocycles. The van der Waals surface area contributed by atoms with Crippen LogP contribution >= 0.6 is 0 Å². The zero-order valence-corrected chi connectivity index (χ0v) is 15.9. The molecule has 2 aromatic rings. The molecule has 1 amide bonds. The van der Waals surface area contributed by atoms with E-state index in [0.29, 0.717) is 6.61 Å². The number of ether oxygens (including phenoxy) is 1. The third kappa shape index (κ3) is 5.97. The summed E-state index contributed by atoms with van der Waals surface area (Å²) in [4.78, 5) is 14.7. The third-order valence-corrected chi connectivity index (χ3v) is 4.82. The number of hydrogen-bond donors (Lipinski definition) is 1. The first-order valence-electron chi connectivity index (χ1n) is 9.71. The van der Waals surface area contributed by atoms with Gasteiger partial charge in [0, 0.05) is 37.3 Å². The first-order chi connectivity index (χ1) is 13.2. The molecule has 142 valence electrons. The van der Waals surface area contributed by atoms with Gasteiger partial charge in [0.15, 0.2) is 0 Å². The van der Waals surface area contributed by atoms with Gasteiger partial charge in [0.25, 0.3) is 0 Å². The topological polar surface area (TPSA) is 41.6 Å². The maximum absolute atomic E-state index is 12.3. The van der Waals surface area contributed by atoms with Gasteiger partial charge in [-0.2, -0.15) is 0 Å². The lowest BCUT2D eigenvalue weighted by Gasteiger charge is -2.32. The monoisotopic (exact) mass is 364 g/mol. The number of amides is 1. The highest BCUT2D eigenvalue weighted by molar-refractivity contribution is 5.92. The lowest BCUT2D eigenvalue weighted by Crippen LogP contribution is -2.43. The molecule has 0 unspecified atom stereocenters. The molecule has 1 saturated heterocycles. The normalized spacial score (nSPS) is 15.7. The van der Waals surface area contributed by atoms with Crippen molar-refractivity contribution in [3.63, 3.8) is 0 Å². The molecule has 1 heterocycles. The van der Waals surface area contributed by atoms with Crippen LogP contribution in [0.25, 0.3) is 6.08 Å². The Kier molecular flexibility index (Phi) is 7.05. The molecule has 1 aliphatic rings. The van der Waals surface area contributed by atoms with Crippen LogP contribution in [0.5, 0.6) is 5.75 Å². The quantitative estimate of drug-likeness (QED) is 0.758. The minimum Gasteiger partial charge on any atom is -0.493 e. The van der Waals surface area contributed by atoms with Crippen molar-refractivity contribution >= 4 is 12.0 Å². The van der Waals surface area contributed by atoms with Gasteiger partial charge in [0.1, 0.15) is 5.75 Å². The van der Waals surface area contributed by atoms with Crippen molar-refractivity contribution in [2.75, 3.05) is 19.7 Å². The van der Waals surface area contributed by atoms with E-state index in [1.807, 2.05) is 43.3 Å². The predicted molar refractivity (Wildman–Crippen MR) is 110 cm³/mol. The molecule has 27 heavy (non-hydrogen) atoms. The number of carbonyl (C=O) groups excluding carboxylic acids is 1. The Morgan fingerprint density at radius 2 is 1.81 bits per heavy atom. The summed E-state index contributed by atoms with van der Waals surface area (Å²) in [5.41, 5.74) is 2.27. The first-order valence-corrected chi connectivity index (χ1v) is 9.71. The SMILES string of the molecule is CCOc1ccccc1/C=C/C(=O)NC1CCN(Cc2ccccc2)CC1.